The van der Waals surface area contributed by atoms with Crippen LogP contribution in [0.1, 0.15) is 11.3 Å². The number of hydrogen-bond acceptors (Lipinski definition) is 7. The average molecular weight is 532 g/mol. The fraction of sp³-hybridized carbons (Fsp3) is 0.346. The van der Waals surface area contributed by atoms with Crippen LogP contribution in [0.4, 0.5) is 0 Å². The van der Waals surface area contributed by atoms with E-state index in [2.05, 4.69) is 9.88 Å². The van der Waals surface area contributed by atoms with Gasteiger partial charge in [0.15, 0.2) is 0 Å². The Morgan fingerprint density at radius 3 is 2.64 bits per heavy atom. The van der Waals surface area contributed by atoms with Crippen molar-refractivity contribution in [2.24, 2.45) is 0 Å². The number of halogens is 1. The average Bonchev–Trinajstić information content (AvgIpc) is 2.90. The number of morpholine rings is 1. The molecular formula is C26H30ClN3O5S. The third kappa shape index (κ3) is 6.96. The highest BCUT2D eigenvalue weighted by Gasteiger charge is 2.29. The first-order chi connectivity index (χ1) is 17.5. The summed E-state index contributed by atoms with van der Waals surface area (Å²) in [6.45, 7) is 4.84. The number of methoxy groups -OCH3 is 1. The lowest BCUT2D eigenvalue weighted by Crippen LogP contribution is -2.38. The SMILES string of the molecule is COc1ccc(Cl)cc1S(=O)(=O)N(Cc1cccc(OCCN2CCOCC2)c1)Cc1ccccn1. The number of rotatable bonds is 11. The first-order valence-corrected chi connectivity index (χ1v) is 13.5. The summed E-state index contributed by atoms with van der Waals surface area (Å²) < 4.78 is 45.7. The zero-order valence-corrected chi connectivity index (χ0v) is 21.7. The van der Waals surface area contributed by atoms with E-state index in [1.807, 2.05) is 30.3 Å². The number of benzene rings is 2. The molecule has 0 aliphatic carbocycles. The predicted octanol–water partition coefficient (Wildman–Crippen LogP) is 3.85. The molecule has 36 heavy (non-hydrogen) atoms. The summed E-state index contributed by atoms with van der Waals surface area (Å²) in [5, 5.41) is 0.308. The van der Waals surface area contributed by atoms with Crippen LogP contribution in [0.15, 0.2) is 71.8 Å². The predicted molar refractivity (Wildman–Crippen MR) is 138 cm³/mol. The van der Waals surface area contributed by atoms with Crippen LogP contribution in [0.5, 0.6) is 11.5 Å². The van der Waals surface area contributed by atoms with Crippen LogP contribution in [-0.2, 0) is 27.8 Å². The van der Waals surface area contributed by atoms with Crippen LogP contribution in [0.25, 0.3) is 0 Å². The Morgan fingerprint density at radius 2 is 1.89 bits per heavy atom. The van der Waals surface area contributed by atoms with E-state index in [-0.39, 0.29) is 23.7 Å². The van der Waals surface area contributed by atoms with Gasteiger partial charge in [-0.15, -0.1) is 0 Å². The number of hydrogen-bond donors (Lipinski definition) is 0. The first-order valence-electron chi connectivity index (χ1n) is 11.7. The maximum atomic E-state index is 13.8. The second-order valence-electron chi connectivity index (χ2n) is 8.34. The Balaban J connectivity index is 1.55. The van der Waals surface area contributed by atoms with Crippen LogP contribution in [0.2, 0.25) is 5.02 Å². The molecule has 0 spiro atoms. The number of aromatic nitrogens is 1. The van der Waals surface area contributed by atoms with Crippen molar-refractivity contribution in [3.63, 3.8) is 0 Å². The van der Waals surface area contributed by atoms with E-state index in [4.69, 9.17) is 25.8 Å². The maximum absolute atomic E-state index is 13.8. The normalized spacial score (nSPS) is 14.6. The molecule has 8 nitrogen and oxygen atoms in total. The first kappa shape index (κ1) is 26.4. The van der Waals surface area contributed by atoms with Crippen molar-refractivity contribution in [3.8, 4) is 11.5 Å². The summed E-state index contributed by atoms with van der Waals surface area (Å²) >= 11 is 6.15. The third-order valence-electron chi connectivity index (χ3n) is 5.85. The minimum Gasteiger partial charge on any atom is -0.495 e. The highest BCUT2D eigenvalue weighted by molar-refractivity contribution is 7.89. The molecule has 0 bridgehead atoms. The molecule has 2 aromatic carbocycles. The second-order valence-corrected chi connectivity index (χ2v) is 10.7. The standard InChI is InChI=1S/C26H30ClN3O5S/c1-33-25-9-8-22(27)18-26(25)36(31,32)30(20-23-6-2-3-10-28-23)19-21-5-4-7-24(17-21)35-16-13-29-11-14-34-15-12-29/h2-10,17-18H,11-16,19-20H2,1H3. The molecule has 1 aliphatic heterocycles. The molecule has 0 unspecified atom stereocenters. The molecule has 1 saturated heterocycles. The van der Waals surface area contributed by atoms with E-state index in [0.717, 1.165) is 38.4 Å². The summed E-state index contributed by atoms with van der Waals surface area (Å²) in [5.41, 5.74) is 1.42. The largest absolute Gasteiger partial charge is 0.495 e. The highest BCUT2D eigenvalue weighted by Crippen LogP contribution is 2.31. The van der Waals surface area contributed by atoms with Gasteiger partial charge in [0.2, 0.25) is 10.0 Å². The molecule has 1 aliphatic rings. The van der Waals surface area contributed by atoms with Gasteiger partial charge in [-0.2, -0.15) is 4.31 Å². The smallest absolute Gasteiger partial charge is 0.247 e. The third-order valence-corrected chi connectivity index (χ3v) is 7.89. The molecule has 1 aromatic heterocycles. The van der Waals surface area contributed by atoms with E-state index in [1.54, 1.807) is 30.5 Å². The minimum absolute atomic E-state index is 0.00588. The molecule has 2 heterocycles. The van der Waals surface area contributed by atoms with Crippen molar-refractivity contribution in [3.05, 3.63) is 83.1 Å². The Kier molecular flexibility index (Phi) is 9.17. The molecule has 192 valence electrons. The molecule has 0 amide bonds. The quantitative estimate of drug-likeness (QED) is 0.372. The van der Waals surface area contributed by atoms with Crippen LogP contribution in [0.3, 0.4) is 0 Å². The zero-order valence-electron chi connectivity index (χ0n) is 20.2. The van der Waals surface area contributed by atoms with Gasteiger partial charge in [0.05, 0.1) is 32.6 Å². The van der Waals surface area contributed by atoms with Crippen molar-refractivity contribution < 1.29 is 22.6 Å². The van der Waals surface area contributed by atoms with Crippen LogP contribution in [0, 0.1) is 0 Å². The van der Waals surface area contributed by atoms with Gasteiger partial charge in [0.25, 0.3) is 0 Å². The summed E-state index contributed by atoms with van der Waals surface area (Å²) in [5.74, 6) is 0.918. The van der Waals surface area contributed by atoms with Gasteiger partial charge in [0, 0.05) is 37.4 Å². The van der Waals surface area contributed by atoms with Crippen LogP contribution < -0.4 is 9.47 Å². The van der Waals surface area contributed by atoms with Crippen LogP contribution >= 0.6 is 11.6 Å². The number of ether oxygens (including phenoxy) is 3. The lowest BCUT2D eigenvalue weighted by Gasteiger charge is -2.26. The molecule has 0 N–H and O–H groups in total. The van der Waals surface area contributed by atoms with E-state index in [9.17, 15) is 8.42 Å². The Hall–Kier alpha value is -2.69. The van der Waals surface area contributed by atoms with Crippen molar-refractivity contribution in [1.82, 2.24) is 14.2 Å². The van der Waals surface area contributed by atoms with Gasteiger partial charge < -0.3 is 14.2 Å². The van der Waals surface area contributed by atoms with Gasteiger partial charge >= 0.3 is 0 Å². The number of nitrogens with zero attached hydrogens (tertiary/aromatic N) is 3. The molecule has 1 fully saturated rings. The molecule has 3 aromatic rings. The van der Waals surface area contributed by atoms with E-state index < -0.39 is 10.0 Å². The monoisotopic (exact) mass is 531 g/mol. The van der Waals surface area contributed by atoms with E-state index in [0.29, 0.717) is 23.1 Å². The van der Waals surface area contributed by atoms with Crippen LogP contribution in [-0.4, -0.2) is 69.2 Å². The highest BCUT2D eigenvalue weighted by atomic mass is 35.5. The van der Waals surface area contributed by atoms with Crippen molar-refractivity contribution >= 4 is 21.6 Å². The van der Waals surface area contributed by atoms with E-state index >= 15 is 0 Å². The zero-order chi connectivity index (χ0) is 25.4. The van der Waals surface area contributed by atoms with Crippen molar-refractivity contribution in [1.29, 1.82) is 0 Å². The van der Waals surface area contributed by atoms with Crippen molar-refractivity contribution in [2.75, 3.05) is 46.6 Å². The fourth-order valence-electron chi connectivity index (χ4n) is 3.94. The second kappa shape index (κ2) is 12.5. The van der Waals surface area contributed by atoms with Gasteiger partial charge in [-0.25, -0.2) is 8.42 Å². The molecule has 0 saturated carbocycles. The Bertz CT molecular complexity index is 1240. The summed E-state index contributed by atoms with van der Waals surface area (Å²) in [4.78, 5) is 6.63. The Labute approximate surface area is 217 Å². The lowest BCUT2D eigenvalue weighted by molar-refractivity contribution is 0.0322. The van der Waals surface area contributed by atoms with Gasteiger partial charge in [0.1, 0.15) is 23.0 Å². The minimum atomic E-state index is -3.98. The summed E-state index contributed by atoms with van der Waals surface area (Å²) in [6.07, 6.45) is 1.64. The number of pyridine rings is 1. The van der Waals surface area contributed by atoms with Gasteiger partial charge in [-0.05, 0) is 48.0 Å². The fourth-order valence-corrected chi connectivity index (χ4v) is 5.76. The van der Waals surface area contributed by atoms with Crippen molar-refractivity contribution in [2.45, 2.75) is 18.0 Å². The number of sulfonamides is 1. The summed E-state index contributed by atoms with van der Waals surface area (Å²) in [7, 11) is -2.55. The van der Waals surface area contributed by atoms with E-state index in [1.165, 1.54) is 17.5 Å². The maximum Gasteiger partial charge on any atom is 0.247 e. The topological polar surface area (TPSA) is 81.2 Å². The lowest BCUT2D eigenvalue weighted by atomic mass is 10.2. The molecule has 0 radical (unpaired) electrons. The molecule has 4 rings (SSSR count). The van der Waals surface area contributed by atoms with Gasteiger partial charge in [-0.3, -0.25) is 9.88 Å². The molecule has 0 atom stereocenters. The Morgan fingerprint density at radius 1 is 1.06 bits per heavy atom. The van der Waals surface area contributed by atoms with Gasteiger partial charge in [-0.1, -0.05) is 29.8 Å². The molecular weight excluding hydrogens is 502 g/mol. The summed E-state index contributed by atoms with van der Waals surface area (Å²) in [6, 6.07) is 17.5. The molecule has 10 heteroatoms.